The number of benzene rings is 2. The molecule has 0 aliphatic heterocycles. The molecule has 0 radical (unpaired) electrons. The van der Waals surface area contributed by atoms with Crippen LogP contribution in [0, 0.1) is 0 Å². The molecule has 3 nitrogen and oxygen atoms in total. The highest BCUT2D eigenvalue weighted by atomic mass is 15.3. The van der Waals surface area contributed by atoms with E-state index in [1.807, 2.05) is 12.3 Å². The highest BCUT2D eigenvalue weighted by Crippen LogP contribution is 2.32. The molecule has 130 valence electrons. The van der Waals surface area contributed by atoms with Crippen molar-refractivity contribution >= 4 is 0 Å². The maximum Gasteiger partial charge on any atom is 0.0760 e. The molecule has 0 aliphatic rings. The van der Waals surface area contributed by atoms with E-state index in [1.54, 1.807) is 0 Å². The normalized spacial score (nSPS) is 11.6. The predicted octanol–water partition coefficient (Wildman–Crippen LogP) is 5.00. The summed E-state index contributed by atoms with van der Waals surface area (Å²) in [5.74, 6) is 0. The highest BCUT2D eigenvalue weighted by molar-refractivity contribution is 5.80. The van der Waals surface area contributed by atoms with Gasteiger partial charge in [-0.3, -0.25) is 4.68 Å². The first-order valence-corrected chi connectivity index (χ1v) is 8.96. The zero-order chi connectivity index (χ0) is 17.7. The molecule has 25 heavy (non-hydrogen) atoms. The lowest BCUT2D eigenvalue weighted by molar-refractivity contribution is 0.410. The Labute approximate surface area is 150 Å². The van der Waals surface area contributed by atoms with Crippen LogP contribution in [0.25, 0.3) is 22.4 Å². The average Bonchev–Trinajstić information content (AvgIpc) is 3.03. The van der Waals surface area contributed by atoms with Crippen LogP contribution in [0.1, 0.15) is 27.2 Å². The Morgan fingerprint density at radius 1 is 0.880 bits per heavy atom. The van der Waals surface area contributed by atoms with Gasteiger partial charge in [-0.15, -0.1) is 0 Å². The van der Waals surface area contributed by atoms with Crippen molar-refractivity contribution in [2.45, 2.75) is 39.3 Å². The van der Waals surface area contributed by atoms with Crippen molar-refractivity contribution in [2.24, 2.45) is 0 Å². The molecule has 0 amide bonds. The van der Waals surface area contributed by atoms with Crippen molar-refractivity contribution < 1.29 is 0 Å². The molecule has 3 rings (SSSR count). The second-order valence-electron chi connectivity index (χ2n) is 7.39. The Morgan fingerprint density at radius 3 is 2.08 bits per heavy atom. The van der Waals surface area contributed by atoms with E-state index in [9.17, 15) is 0 Å². The molecular formula is C22H27N3. The van der Waals surface area contributed by atoms with Gasteiger partial charge in [0, 0.05) is 23.2 Å². The van der Waals surface area contributed by atoms with Gasteiger partial charge in [0.1, 0.15) is 0 Å². The van der Waals surface area contributed by atoms with Crippen molar-refractivity contribution in [3.8, 4) is 22.4 Å². The van der Waals surface area contributed by atoms with Gasteiger partial charge >= 0.3 is 0 Å². The van der Waals surface area contributed by atoms with Gasteiger partial charge in [0.15, 0.2) is 0 Å². The molecule has 0 atom stereocenters. The van der Waals surface area contributed by atoms with Gasteiger partial charge in [-0.2, -0.15) is 5.10 Å². The maximum absolute atomic E-state index is 4.69. The van der Waals surface area contributed by atoms with E-state index >= 15 is 0 Å². The van der Waals surface area contributed by atoms with E-state index < -0.39 is 0 Å². The Kier molecular flexibility index (Phi) is 5.34. The predicted molar refractivity (Wildman–Crippen MR) is 105 cm³/mol. The van der Waals surface area contributed by atoms with Crippen LogP contribution < -0.4 is 5.32 Å². The fourth-order valence-corrected chi connectivity index (χ4v) is 2.98. The molecule has 0 saturated heterocycles. The minimum absolute atomic E-state index is 0.154. The van der Waals surface area contributed by atoms with Crippen molar-refractivity contribution in [3.63, 3.8) is 0 Å². The van der Waals surface area contributed by atoms with Crippen LogP contribution in [-0.4, -0.2) is 21.9 Å². The van der Waals surface area contributed by atoms with Crippen molar-refractivity contribution in [1.82, 2.24) is 15.1 Å². The first-order chi connectivity index (χ1) is 12.0. The fraction of sp³-hybridized carbons (Fsp3) is 0.318. The molecule has 0 unspecified atom stereocenters. The van der Waals surface area contributed by atoms with Crippen molar-refractivity contribution in [2.75, 3.05) is 6.54 Å². The van der Waals surface area contributed by atoms with E-state index in [1.165, 1.54) is 22.4 Å². The van der Waals surface area contributed by atoms with Crippen LogP contribution in [-0.2, 0) is 6.54 Å². The third-order valence-electron chi connectivity index (χ3n) is 4.17. The number of hydrogen-bond donors (Lipinski definition) is 1. The minimum atomic E-state index is 0.154. The number of aromatic nitrogens is 2. The molecule has 0 spiro atoms. The minimum Gasteiger partial charge on any atom is -0.312 e. The second-order valence-corrected chi connectivity index (χ2v) is 7.39. The Morgan fingerprint density at radius 2 is 1.48 bits per heavy atom. The first kappa shape index (κ1) is 17.4. The summed E-state index contributed by atoms with van der Waals surface area (Å²) in [6.45, 7) is 8.48. The zero-order valence-electron chi connectivity index (χ0n) is 15.4. The lowest BCUT2D eigenvalue weighted by Crippen LogP contribution is -2.36. The summed E-state index contributed by atoms with van der Waals surface area (Å²) < 4.78 is 2.14. The smallest absolute Gasteiger partial charge is 0.0760 e. The molecule has 3 heteroatoms. The Bertz CT molecular complexity index is 783. The van der Waals surface area contributed by atoms with E-state index in [0.717, 1.165) is 19.5 Å². The average molecular weight is 333 g/mol. The Hall–Kier alpha value is -2.39. The van der Waals surface area contributed by atoms with Crippen LogP contribution in [0.5, 0.6) is 0 Å². The van der Waals surface area contributed by atoms with Crippen molar-refractivity contribution in [1.29, 1.82) is 0 Å². The summed E-state index contributed by atoms with van der Waals surface area (Å²) in [7, 11) is 0. The van der Waals surface area contributed by atoms with E-state index in [-0.39, 0.29) is 5.54 Å². The van der Waals surface area contributed by atoms with Gasteiger partial charge in [-0.05, 0) is 39.3 Å². The molecule has 0 fully saturated rings. The number of nitrogens with one attached hydrogen (secondary N) is 1. The fourth-order valence-electron chi connectivity index (χ4n) is 2.98. The van der Waals surface area contributed by atoms with Crippen LogP contribution in [0.4, 0.5) is 0 Å². The summed E-state index contributed by atoms with van der Waals surface area (Å²) in [5, 5.41) is 8.24. The molecule has 1 heterocycles. The Balaban J connectivity index is 1.87. The monoisotopic (exact) mass is 333 g/mol. The SMILES string of the molecule is CC(C)(C)NCCCn1ncc(-c2ccccc2)c1-c1ccccc1. The third-order valence-corrected chi connectivity index (χ3v) is 4.17. The zero-order valence-corrected chi connectivity index (χ0v) is 15.4. The summed E-state index contributed by atoms with van der Waals surface area (Å²) in [4.78, 5) is 0. The van der Waals surface area contributed by atoms with Crippen LogP contribution in [0.2, 0.25) is 0 Å². The largest absolute Gasteiger partial charge is 0.312 e. The summed E-state index contributed by atoms with van der Waals surface area (Å²) in [5.41, 5.74) is 4.96. The molecule has 3 aromatic rings. The second kappa shape index (κ2) is 7.66. The first-order valence-electron chi connectivity index (χ1n) is 8.96. The van der Waals surface area contributed by atoms with Gasteiger partial charge < -0.3 is 5.32 Å². The lowest BCUT2D eigenvalue weighted by Gasteiger charge is -2.20. The highest BCUT2D eigenvalue weighted by Gasteiger charge is 2.14. The van der Waals surface area contributed by atoms with Gasteiger partial charge in [0.2, 0.25) is 0 Å². The third kappa shape index (κ3) is 4.58. The topological polar surface area (TPSA) is 29.9 Å². The molecule has 0 bridgehead atoms. The molecule has 0 aliphatic carbocycles. The van der Waals surface area contributed by atoms with E-state index in [0.29, 0.717) is 0 Å². The molecule has 2 aromatic carbocycles. The number of hydrogen-bond acceptors (Lipinski definition) is 2. The lowest BCUT2D eigenvalue weighted by atomic mass is 10.0. The standard InChI is InChI=1S/C22H27N3/c1-22(2,3)23-15-10-16-25-21(19-13-8-5-9-14-19)20(17-24-25)18-11-6-4-7-12-18/h4-9,11-14,17,23H,10,15-16H2,1-3H3. The van der Waals surface area contributed by atoms with E-state index in [2.05, 4.69) is 85.4 Å². The molecule has 1 aromatic heterocycles. The van der Waals surface area contributed by atoms with Crippen molar-refractivity contribution in [3.05, 3.63) is 66.9 Å². The number of aryl methyl sites for hydroxylation is 1. The van der Waals surface area contributed by atoms with Gasteiger partial charge in [0.05, 0.1) is 11.9 Å². The summed E-state index contributed by atoms with van der Waals surface area (Å²) in [6.07, 6.45) is 3.04. The van der Waals surface area contributed by atoms with Gasteiger partial charge in [0.25, 0.3) is 0 Å². The van der Waals surface area contributed by atoms with Crippen LogP contribution in [0.15, 0.2) is 66.9 Å². The molecule has 0 saturated carbocycles. The van der Waals surface area contributed by atoms with Gasteiger partial charge in [-0.1, -0.05) is 60.7 Å². The molecular weight excluding hydrogens is 306 g/mol. The maximum atomic E-state index is 4.69. The molecule has 1 N–H and O–H groups in total. The van der Waals surface area contributed by atoms with E-state index in [4.69, 9.17) is 5.10 Å². The quantitative estimate of drug-likeness (QED) is 0.644. The number of rotatable bonds is 6. The van der Waals surface area contributed by atoms with Crippen LogP contribution in [0.3, 0.4) is 0 Å². The van der Waals surface area contributed by atoms with Crippen LogP contribution >= 0.6 is 0 Å². The summed E-state index contributed by atoms with van der Waals surface area (Å²) >= 11 is 0. The van der Waals surface area contributed by atoms with Gasteiger partial charge in [-0.25, -0.2) is 0 Å². The summed E-state index contributed by atoms with van der Waals surface area (Å²) in [6, 6.07) is 21.0. The number of nitrogens with zero attached hydrogens (tertiary/aromatic N) is 2.